The number of thioether (sulfide) groups is 1. The van der Waals surface area contributed by atoms with Crippen molar-refractivity contribution in [2.45, 2.75) is 4.90 Å². The number of rotatable bonds is 5. The van der Waals surface area contributed by atoms with Crippen LogP contribution in [0.25, 0.3) is 0 Å². The molecular weight excluding hydrogens is 294 g/mol. The summed E-state index contributed by atoms with van der Waals surface area (Å²) in [6.07, 6.45) is 0. The van der Waals surface area contributed by atoms with E-state index in [0.29, 0.717) is 0 Å². The molecule has 0 fully saturated rings. The summed E-state index contributed by atoms with van der Waals surface area (Å²) >= 11 is 5.39. The summed E-state index contributed by atoms with van der Waals surface area (Å²) in [5.41, 5.74) is 1.15. The summed E-state index contributed by atoms with van der Waals surface area (Å²) in [5, 5.41) is 3.42. The van der Waals surface area contributed by atoms with Gasteiger partial charge >= 0.3 is 0 Å². The van der Waals surface area contributed by atoms with Crippen LogP contribution < -0.4 is 5.32 Å². The van der Waals surface area contributed by atoms with Crippen LogP contribution in [0.2, 0.25) is 0 Å². The number of anilines is 1. The van der Waals surface area contributed by atoms with Crippen LogP contribution in [-0.4, -0.2) is 12.3 Å². The summed E-state index contributed by atoms with van der Waals surface area (Å²) in [6, 6.07) is 18.7. The first-order valence-corrected chi connectivity index (χ1v) is 7.30. The van der Waals surface area contributed by atoms with E-state index in [9.17, 15) is 0 Å². The van der Waals surface area contributed by atoms with Gasteiger partial charge in [0.25, 0.3) is 0 Å². The van der Waals surface area contributed by atoms with Gasteiger partial charge in [-0.15, -0.1) is 11.8 Å². The highest BCUT2D eigenvalue weighted by atomic mass is 79.9. The molecule has 1 N–H and O–H groups in total. The molecule has 0 aromatic heterocycles. The number of para-hydroxylation sites is 1. The molecule has 1 nitrogen and oxygen atoms in total. The molecule has 0 bridgehead atoms. The van der Waals surface area contributed by atoms with Gasteiger partial charge in [0.15, 0.2) is 0 Å². The molecule has 0 aliphatic rings. The molecule has 0 saturated carbocycles. The molecule has 2 rings (SSSR count). The molecule has 0 heterocycles. The van der Waals surface area contributed by atoms with Gasteiger partial charge in [0, 0.05) is 27.4 Å². The normalized spacial score (nSPS) is 10.2. The number of hydrogen-bond acceptors (Lipinski definition) is 2. The highest BCUT2D eigenvalue weighted by Gasteiger charge is 1.97. The van der Waals surface area contributed by atoms with E-state index in [2.05, 4.69) is 51.6 Å². The predicted octanol–water partition coefficient (Wildman–Crippen LogP) is 4.65. The number of benzene rings is 2. The minimum Gasteiger partial charge on any atom is -0.383 e. The van der Waals surface area contributed by atoms with Gasteiger partial charge in [0.1, 0.15) is 0 Å². The van der Waals surface area contributed by atoms with E-state index in [4.69, 9.17) is 0 Å². The van der Waals surface area contributed by atoms with Crippen molar-refractivity contribution < 1.29 is 0 Å². The Morgan fingerprint density at radius 3 is 2.41 bits per heavy atom. The largest absolute Gasteiger partial charge is 0.383 e. The molecule has 0 atom stereocenters. The Hall–Kier alpha value is -0.930. The van der Waals surface area contributed by atoms with E-state index in [1.807, 2.05) is 36.0 Å². The first kappa shape index (κ1) is 12.5. The average molecular weight is 308 g/mol. The summed E-state index contributed by atoms with van der Waals surface area (Å²) in [7, 11) is 0. The third kappa shape index (κ3) is 4.10. The van der Waals surface area contributed by atoms with Crippen molar-refractivity contribution in [1.82, 2.24) is 0 Å². The lowest BCUT2D eigenvalue weighted by molar-refractivity contribution is 1.22. The monoisotopic (exact) mass is 307 g/mol. The van der Waals surface area contributed by atoms with Crippen LogP contribution in [0, 0.1) is 0 Å². The van der Waals surface area contributed by atoms with Crippen LogP contribution >= 0.6 is 27.7 Å². The van der Waals surface area contributed by atoms with E-state index < -0.39 is 0 Å². The molecular formula is C14H14BrNS. The second kappa shape index (κ2) is 6.72. The minimum absolute atomic E-state index is 0.960. The molecule has 2 aromatic rings. The summed E-state index contributed by atoms with van der Waals surface area (Å²) in [5.74, 6) is 1.06. The maximum absolute atomic E-state index is 3.52. The lowest BCUT2D eigenvalue weighted by Gasteiger charge is -2.07. The van der Waals surface area contributed by atoms with E-state index in [-0.39, 0.29) is 0 Å². The molecule has 88 valence electrons. The zero-order valence-corrected chi connectivity index (χ0v) is 11.8. The van der Waals surface area contributed by atoms with Gasteiger partial charge in [-0.05, 0) is 40.2 Å². The fourth-order valence-electron chi connectivity index (χ4n) is 1.48. The maximum atomic E-state index is 3.52. The van der Waals surface area contributed by atoms with Crippen LogP contribution in [0.4, 0.5) is 5.69 Å². The predicted molar refractivity (Wildman–Crippen MR) is 79.8 cm³/mol. The summed E-state index contributed by atoms with van der Waals surface area (Å²) in [6.45, 7) is 0.960. The number of hydrogen-bond donors (Lipinski definition) is 1. The zero-order valence-electron chi connectivity index (χ0n) is 9.40. The van der Waals surface area contributed by atoms with Crippen molar-refractivity contribution in [2.24, 2.45) is 0 Å². The van der Waals surface area contributed by atoms with Crippen LogP contribution in [0.5, 0.6) is 0 Å². The molecule has 0 unspecified atom stereocenters. The van der Waals surface area contributed by atoms with Crippen LogP contribution in [-0.2, 0) is 0 Å². The lowest BCUT2D eigenvalue weighted by atomic mass is 10.3. The van der Waals surface area contributed by atoms with Crippen molar-refractivity contribution in [3.05, 3.63) is 59.1 Å². The fraction of sp³-hybridized carbons (Fsp3) is 0.143. The maximum Gasteiger partial charge on any atom is 0.0484 e. The van der Waals surface area contributed by atoms with Crippen LogP contribution in [0.1, 0.15) is 0 Å². The lowest BCUT2D eigenvalue weighted by Crippen LogP contribution is -2.04. The Balaban J connectivity index is 1.76. The van der Waals surface area contributed by atoms with E-state index in [1.54, 1.807) is 0 Å². The van der Waals surface area contributed by atoms with Crippen molar-refractivity contribution in [1.29, 1.82) is 0 Å². The summed E-state index contributed by atoms with van der Waals surface area (Å²) in [4.78, 5) is 1.32. The molecule has 0 amide bonds. The molecule has 0 radical (unpaired) electrons. The van der Waals surface area contributed by atoms with Gasteiger partial charge in [-0.1, -0.05) is 30.3 Å². The van der Waals surface area contributed by atoms with Crippen molar-refractivity contribution >= 4 is 33.4 Å². The van der Waals surface area contributed by atoms with E-state index in [1.165, 1.54) is 4.90 Å². The molecule has 0 aliphatic carbocycles. The second-order valence-corrected chi connectivity index (χ2v) is 5.59. The SMILES string of the molecule is Brc1ccccc1NCCSc1ccccc1. The van der Waals surface area contributed by atoms with Gasteiger partial charge in [-0.3, -0.25) is 0 Å². The quantitative estimate of drug-likeness (QED) is 0.637. The first-order chi connectivity index (χ1) is 8.36. The third-order valence-corrected chi connectivity index (χ3v) is 4.01. The Morgan fingerprint density at radius 2 is 1.65 bits per heavy atom. The van der Waals surface area contributed by atoms with Crippen molar-refractivity contribution in [3.63, 3.8) is 0 Å². The Kier molecular flexibility index (Phi) is 4.95. The molecule has 17 heavy (non-hydrogen) atoms. The Labute approximate surface area is 115 Å². The Morgan fingerprint density at radius 1 is 0.941 bits per heavy atom. The zero-order chi connectivity index (χ0) is 11.9. The van der Waals surface area contributed by atoms with Crippen molar-refractivity contribution in [3.8, 4) is 0 Å². The van der Waals surface area contributed by atoms with E-state index in [0.717, 1.165) is 22.5 Å². The highest BCUT2D eigenvalue weighted by Crippen LogP contribution is 2.22. The van der Waals surface area contributed by atoms with Gasteiger partial charge in [-0.25, -0.2) is 0 Å². The molecule has 2 aromatic carbocycles. The van der Waals surface area contributed by atoms with E-state index >= 15 is 0 Å². The van der Waals surface area contributed by atoms with Crippen molar-refractivity contribution in [2.75, 3.05) is 17.6 Å². The average Bonchev–Trinajstić information content (AvgIpc) is 2.38. The van der Waals surface area contributed by atoms with Gasteiger partial charge in [0.05, 0.1) is 0 Å². The molecule has 0 spiro atoms. The molecule has 0 saturated heterocycles. The minimum atomic E-state index is 0.960. The highest BCUT2D eigenvalue weighted by molar-refractivity contribution is 9.10. The standard InChI is InChI=1S/C14H14BrNS/c15-13-8-4-5-9-14(13)16-10-11-17-12-6-2-1-3-7-12/h1-9,16H,10-11H2. The Bertz CT molecular complexity index is 459. The van der Waals surface area contributed by atoms with Crippen LogP contribution in [0.15, 0.2) is 64.0 Å². The molecule has 0 aliphatic heterocycles. The summed E-state index contributed by atoms with van der Waals surface area (Å²) < 4.78 is 1.12. The van der Waals surface area contributed by atoms with Gasteiger partial charge < -0.3 is 5.32 Å². The second-order valence-electron chi connectivity index (χ2n) is 3.57. The number of nitrogens with one attached hydrogen (secondary N) is 1. The third-order valence-electron chi connectivity index (χ3n) is 2.30. The van der Waals surface area contributed by atoms with Gasteiger partial charge in [-0.2, -0.15) is 0 Å². The smallest absolute Gasteiger partial charge is 0.0484 e. The topological polar surface area (TPSA) is 12.0 Å². The fourth-order valence-corrected chi connectivity index (χ4v) is 2.69. The number of halogens is 1. The van der Waals surface area contributed by atoms with Gasteiger partial charge in [0.2, 0.25) is 0 Å². The first-order valence-electron chi connectivity index (χ1n) is 5.52. The van der Waals surface area contributed by atoms with Crippen LogP contribution in [0.3, 0.4) is 0 Å². The molecule has 3 heteroatoms.